The number of carbonyl (C=O) groups is 1. The first-order valence-corrected chi connectivity index (χ1v) is 9.56. The fourth-order valence-electron chi connectivity index (χ4n) is 3.31. The third-order valence-electron chi connectivity index (χ3n) is 4.95. The Bertz CT molecular complexity index is 1340. The summed E-state index contributed by atoms with van der Waals surface area (Å²) in [5, 5.41) is 2.55. The predicted octanol–water partition coefficient (Wildman–Crippen LogP) is 2.66. The summed E-state index contributed by atoms with van der Waals surface area (Å²) in [7, 11) is 0. The third-order valence-corrected chi connectivity index (χ3v) is 4.95. The predicted molar refractivity (Wildman–Crippen MR) is 115 cm³/mol. The summed E-state index contributed by atoms with van der Waals surface area (Å²) in [4.78, 5) is 42.6. The highest BCUT2D eigenvalue weighted by Gasteiger charge is 2.18. The van der Waals surface area contributed by atoms with Crippen molar-refractivity contribution in [2.45, 2.75) is 19.9 Å². The number of aryl methyl sites for hydroxylation is 3. The SMILES string of the molecule is Cc1ccn(CCc2ccccc2)c(=O)c1C(=O)Nc1cnc2ccccn2c1=O. The van der Waals surface area contributed by atoms with Gasteiger partial charge >= 0.3 is 0 Å². The number of amides is 1. The van der Waals surface area contributed by atoms with Gasteiger partial charge in [0.15, 0.2) is 0 Å². The van der Waals surface area contributed by atoms with Crippen LogP contribution in [0.1, 0.15) is 21.5 Å². The lowest BCUT2D eigenvalue weighted by Gasteiger charge is -2.11. The molecule has 7 nitrogen and oxygen atoms in total. The molecule has 0 aliphatic heterocycles. The topological polar surface area (TPSA) is 85.5 Å². The molecule has 1 N–H and O–H groups in total. The molecule has 7 heteroatoms. The number of fused-ring (bicyclic) bond motifs is 1. The summed E-state index contributed by atoms with van der Waals surface area (Å²) in [5.41, 5.74) is 1.35. The smallest absolute Gasteiger partial charge is 0.281 e. The van der Waals surface area contributed by atoms with E-state index in [1.807, 2.05) is 30.3 Å². The lowest BCUT2D eigenvalue weighted by molar-refractivity contribution is 0.102. The van der Waals surface area contributed by atoms with E-state index in [-0.39, 0.29) is 11.3 Å². The lowest BCUT2D eigenvalue weighted by atomic mass is 10.1. The number of carbonyl (C=O) groups excluding carboxylic acids is 1. The van der Waals surface area contributed by atoms with E-state index in [1.54, 1.807) is 43.6 Å². The number of nitrogens with one attached hydrogen (secondary N) is 1. The number of hydrogen-bond acceptors (Lipinski definition) is 4. The van der Waals surface area contributed by atoms with Gasteiger partial charge in [0.25, 0.3) is 17.0 Å². The van der Waals surface area contributed by atoms with Crippen LogP contribution in [0.2, 0.25) is 0 Å². The normalized spacial score (nSPS) is 10.8. The van der Waals surface area contributed by atoms with Gasteiger partial charge in [-0.05, 0) is 42.7 Å². The average molecular weight is 400 g/mol. The largest absolute Gasteiger partial charge is 0.316 e. The zero-order valence-corrected chi connectivity index (χ0v) is 16.4. The molecule has 0 aliphatic carbocycles. The molecule has 30 heavy (non-hydrogen) atoms. The maximum absolute atomic E-state index is 12.9. The molecule has 1 amide bonds. The molecule has 0 unspecified atom stereocenters. The number of aromatic nitrogens is 3. The van der Waals surface area contributed by atoms with Crippen LogP contribution in [-0.4, -0.2) is 19.9 Å². The Labute approximate surface area is 172 Å². The van der Waals surface area contributed by atoms with Crippen LogP contribution < -0.4 is 16.4 Å². The standard InChI is InChI=1S/C23H20N4O3/c1-16-10-13-26(14-11-17-7-3-2-4-8-17)23(30)20(16)21(28)25-18-15-24-19-9-5-6-12-27(19)22(18)29/h2-10,12-13,15H,11,14H2,1H3,(H,25,28). The molecule has 0 radical (unpaired) electrons. The summed E-state index contributed by atoms with van der Waals surface area (Å²) in [6.45, 7) is 2.15. The summed E-state index contributed by atoms with van der Waals surface area (Å²) in [6, 6.07) is 16.7. The van der Waals surface area contributed by atoms with Gasteiger partial charge < -0.3 is 9.88 Å². The number of anilines is 1. The summed E-state index contributed by atoms with van der Waals surface area (Å²) >= 11 is 0. The van der Waals surface area contributed by atoms with Crippen molar-refractivity contribution in [2.75, 3.05) is 5.32 Å². The zero-order chi connectivity index (χ0) is 21.1. The molecule has 0 bridgehead atoms. The van der Waals surface area contributed by atoms with Crippen LogP contribution in [0.5, 0.6) is 0 Å². The van der Waals surface area contributed by atoms with Gasteiger partial charge in [-0.1, -0.05) is 36.4 Å². The van der Waals surface area contributed by atoms with Gasteiger partial charge in [0, 0.05) is 18.9 Å². The molecule has 4 rings (SSSR count). The van der Waals surface area contributed by atoms with Crippen LogP contribution >= 0.6 is 0 Å². The average Bonchev–Trinajstić information content (AvgIpc) is 2.76. The third kappa shape index (κ3) is 3.77. The van der Waals surface area contributed by atoms with E-state index in [0.29, 0.717) is 24.2 Å². The molecule has 0 saturated heterocycles. The molecule has 0 spiro atoms. The van der Waals surface area contributed by atoms with Gasteiger partial charge in [0.2, 0.25) is 0 Å². The molecule has 4 aromatic rings. The Hall–Kier alpha value is -4.00. The number of benzene rings is 1. The minimum atomic E-state index is -0.624. The van der Waals surface area contributed by atoms with E-state index in [4.69, 9.17) is 0 Å². The maximum atomic E-state index is 12.9. The summed E-state index contributed by atoms with van der Waals surface area (Å²) in [5.74, 6) is -0.624. The first-order valence-electron chi connectivity index (χ1n) is 9.56. The second-order valence-electron chi connectivity index (χ2n) is 6.97. The van der Waals surface area contributed by atoms with Crippen LogP contribution in [-0.2, 0) is 13.0 Å². The van der Waals surface area contributed by atoms with Crippen molar-refractivity contribution in [1.29, 1.82) is 0 Å². The van der Waals surface area contributed by atoms with Crippen LogP contribution in [0.4, 0.5) is 5.69 Å². The molecule has 0 aliphatic rings. The Morgan fingerprint density at radius 2 is 1.73 bits per heavy atom. The van der Waals surface area contributed by atoms with Crippen molar-refractivity contribution >= 4 is 17.2 Å². The van der Waals surface area contributed by atoms with E-state index in [1.165, 1.54) is 15.2 Å². The van der Waals surface area contributed by atoms with Crippen LogP contribution in [0.3, 0.4) is 0 Å². The maximum Gasteiger partial charge on any atom is 0.281 e. The zero-order valence-electron chi connectivity index (χ0n) is 16.4. The van der Waals surface area contributed by atoms with Crippen molar-refractivity contribution in [2.24, 2.45) is 0 Å². The van der Waals surface area contributed by atoms with E-state index < -0.39 is 17.0 Å². The van der Waals surface area contributed by atoms with E-state index in [9.17, 15) is 14.4 Å². The second kappa shape index (κ2) is 8.16. The first-order chi connectivity index (χ1) is 14.5. The summed E-state index contributed by atoms with van der Waals surface area (Å²) < 4.78 is 2.85. The quantitative estimate of drug-likeness (QED) is 0.558. The minimum Gasteiger partial charge on any atom is -0.316 e. The molecule has 0 fully saturated rings. The van der Waals surface area contributed by atoms with Crippen molar-refractivity contribution in [3.8, 4) is 0 Å². The minimum absolute atomic E-state index is 0.0159. The monoisotopic (exact) mass is 400 g/mol. The fourth-order valence-corrected chi connectivity index (χ4v) is 3.31. The second-order valence-corrected chi connectivity index (χ2v) is 6.97. The van der Waals surface area contributed by atoms with E-state index in [0.717, 1.165) is 5.56 Å². The molecule has 3 heterocycles. The Morgan fingerprint density at radius 3 is 2.53 bits per heavy atom. The van der Waals surface area contributed by atoms with Crippen molar-refractivity contribution in [3.05, 3.63) is 111 Å². The van der Waals surface area contributed by atoms with Gasteiger partial charge in [-0.15, -0.1) is 0 Å². The van der Waals surface area contributed by atoms with Gasteiger partial charge in [0.1, 0.15) is 16.9 Å². The van der Waals surface area contributed by atoms with Gasteiger partial charge in [0.05, 0.1) is 6.20 Å². The lowest BCUT2D eigenvalue weighted by Crippen LogP contribution is -2.32. The Balaban J connectivity index is 1.62. The summed E-state index contributed by atoms with van der Waals surface area (Å²) in [6.07, 6.45) is 5.23. The molecular weight excluding hydrogens is 380 g/mol. The van der Waals surface area contributed by atoms with Gasteiger partial charge in [-0.25, -0.2) is 4.98 Å². The number of rotatable bonds is 5. The van der Waals surface area contributed by atoms with Crippen LogP contribution in [0.15, 0.2) is 82.8 Å². The highest BCUT2D eigenvalue weighted by molar-refractivity contribution is 6.04. The first kappa shape index (κ1) is 19.3. The molecule has 3 aromatic heterocycles. The Kier molecular flexibility index (Phi) is 5.26. The number of pyridine rings is 2. The van der Waals surface area contributed by atoms with Crippen LogP contribution in [0, 0.1) is 6.92 Å². The number of hydrogen-bond donors (Lipinski definition) is 1. The molecular formula is C23H20N4O3. The Morgan fingerprint density at radius 1 is 0.967 bits per heavy atom. The van der Waals surface area contributed by atoms with Gasteiger partial charge in [-0.3, -0.25) is 18.8 Å². The van der Waals surface area contributed by atoms with Gasteiger partial charge in [-0.2, -0.15) is 0 Å². The molecule has 0 saturated carbocycles. The molecule has 1 aromatic carbocycles. The van der Waals surface area contributed by atoms with Crippen molar-refractivity contribution in [3.63, 3.8) is 0 Å². The van der Waals surface area contributed by atoms with Crippen molar-refractivity contribution < 1.29 is 4.79 Å². The molecule has 150 valence electrons. The fraction of sp³-hybridized carbons (Fsp3) is 0.130. The van der Waals surface area contributed by atoms with Crippen LogP contribution in [0.25, 0.3) is 5.65 Å². The highest BCUT2D eigenvalue weighted by atomic mass is 16.2. The molecule has 0 atom stereocenters. The highest BCUT2D eigenvalue weighted by Crippen LogP contribution is 2.08. The number of nitrogens with zero attached hydrogens (tertiary/aromatic N) is 3. The van der Waals surface area contributed by atoms with E-state index >= 15 is 0 Å². The van der Waals surface area contributed by atoms with E-state index in [2.05, 4.69) is 10.3 Å². The van der Waals surface area contributed by atoms with Crippen molar-refractivity contribution in [1.82, 2.24) is 14.0 Å².